The lowest BCUT2D eigenvalue weighted by molar-refractivity contribution is 0.269. The van der Waals surface area contributed by atoms with Gasteiger partial charge in [0.05, 0.1) is 0 Å². The van der Waals surface area contributed by atoms with E-state index < -0.39 is 0 Å². The van der Waals surface area contributed by atoms with Crippen LogP contribution >= 0.6 is 0 Å². The van der Waals surface area contributed by atoms with Gasteiger partial charge in [-0.25, -0.2) is 0 Å². The molecule has 4 rings (SSSR count). The standard InChI is InChI=1S/C16H20N2/c1-10-9-18(2)15-7-12-8-17-14-5-3-4-11(16(12)14)6-13(10)15/h3-5,8,10,13,15,17H,6-7,9H2,1-2H3/t10-,13-,15+/m0/s1. The number of nitrogens with one attached hydrogen (secondary N) is 1. The van der Waals surface area contributed by atoms with Crippen LogP contribution in [0.4, 0.5) is 0 Å². The molecule has 1 aliphatic heterocycles. The largest absolute Gasteiger partial charge is 0.361 e. The Kier molecular flexibility index (Phi) is 2.13. The van der Waals surface area contributed by atoms with Crippen LogP contribution in [0.1, 0.15) is 18.1 Å². The molecule has 1 aromatic heterocycles. The molecule has 0 bridgehead atoms. The Morgan fingerprint density at radius 2 is 2.11 bits per heavy atom. The number of benzene rings is 1. The van der Waals surface area contributed by atoms with Crippen molar-refractivity contribution < 1.29 is 0 Å². The monoisotopic (exact) mass is 240 g/mol. The molecule has 2 heteroatoms. The molecule has 0 saturated carbocycles. The van der Waals surface area contributed by atoms with E-state index in [0.29, 0.717) is 0 Å². The molecular formula is C16H20N2. The molecule has 94 valence electrons. The summed E-state index contributed by atoms with van der Waals surface area (Å²) in [7, 11) is 2.29. The van der Waals surface area contributed by atoms with E-state index in [2.05, 4.69) is 48.3 Å². The Labute approximate surface area is 108 Å². The van der Waals surface area contributed by atoms with Crippen molar-refractivity contribution in [1.82, 2.24) is 9.88 Å². The van der Waals surface area contributed by atoms with Gasteiger partial charge in [0, 0.05) is 29.7 Å². The van der Waals surface area contributed by atoms with Crippen LogP contribution in [0.15, 0.2) is 24.4 Å². The van der Waals surface area contributed by atoms with E-state index in [9.17, 15) is 0 Å². The zero-order valence-corrected chi connectivity index (χ0v) is 11.1. The van der Waals surface area contributed by atoms with E-state index in [1.165, 1.54) is 35.9 Å². The van der Waals surface area contributed by atoms with E-state index >= 15 is 0 Å². The number of likely N-dealkylation sites (tertiary alicyclic amines) is 1. The highest BCUT2D eigenvalue weighted by atomic mass is 15.2. The van der Waals surface area contributed by atoms with Crippen molar-refractivity contribution in [2.45, 2.75) is 25.8 Å². The van der Waals surface area contributed by atoms with Gasteiger partial charge in [-0.15, -0.1) is 0 Å². The van der Waals surface area contributed by atoms with Gasteiger partial charge in [-0.05, 0) is 48.9 Å². The molecule has 1 saturated heterocycles. The lowest BCUT2D eigenvalue weighted by atomic mass is 9.86. The fourth-order valence-corrected chi connectivity index (χ4v) is 4.22. The molecule has 0 radical (unpaired) electrons. The van der Waals surface area contributed by atoms with Crippen molar-refractivity contribution in [3.8, 4) is 0 Å². The normalized spacial score (nSPS) is 31.6. The summed E-state index contributed by atoms with van der Waals surface area (Å²) in [6.45, 7) is 3.68. The van der Waals surface area contributed by atoms with Crippen LogP contribution < -0.4 is 0 Å². The van der Waals surface area contributed by atoms with Crippen LogP contribution in [-0.2, 0) is 12.8 Å². The molecule has 2 aliphatic rings. The topological polar surface area (TPSA) is 19.0 Å². The first-order valence-corrected chi connectivity index (χ1v) is 7.02. The zero-order chi connectivity index (χ0) is 12.3. The minimum Gasteiger partial charge on any atom is -0.361 e. The predicted octanol–water partition coefficient (Wildman–Crippen LogP) is 2.83. The number of aromatic nitrogens is 1. The summed E-state index contributed by atoms with van der Waals surface area (Å²) in [6.07, 6.45) is 4.69. The number of nitrogens with zero attached hydrogens (tertiary/aromatic N) is 1. The molecule has 2 heterocycles. The van der Waals surface area contributed by atoms with Gasteiger partial charge >= 0.3 is 0 Å². The maximum absolute atomic E-state index is 3.44. The van der Waals surface area contributed by atoms with Crippen LogP contribution in [0.2, 0.25) is 0 Å². The molecular weight excluding hydrogens is 220 g/mol. The summed E-state index contributed by atoms with van der Waals surface area (Å²) in [5.74, 6) is 1.65. The van der Waals surface area contributed by atoms with Gasteiger partial charge in [-0.2, -0.15) is 0 Å². The van der Waals surface area contributed by atoms with Crippen molar-refractivity contribution in [3.63, 3.8) is 0 Å². The number of hydrogen-bond donors (Lipinski definition) is 1. The third-order valence-electron chi connectivity index (χ3n) is 5.13. The Morgan fingerprint density at radius 3 is 3.00 bits per heavy atom. The summed E-state index contributed by atoms with van der Waals surface area (Å²) in [6, 6.07) is 7.46. The minimum atomic E-state index is 0.728. The Balaban J connectivity index is 1.89. The Bertz CT molecular complexity index is 598. The predicted molar refractivity (Wildman–Crippen MR) is 74.8 cm³/mol. The van der Waals surface area contributed by atoms with Gasteiger partial charge in [-0.1, -0.05) is 19.1 Å². The first kappa shape index (κ1) is 10.6. The molecule has 18 heavy (non-hydrogen) atoms. The second-order valence-electron chi connectivity index (χ2n) is 6.21. The van der Waals surface area contributed by atoms with E-state index in [1.54, 1.807) is 5.56 Å². The highest BCUT2D eigenvalue weighted by molar-refractivity contribution is 5.87. The summed E-state index contributed by atoms with van der Waals surface area (Å²) in [4.78, 5) is 6.00. The average Bonchev–Trinajstić information content (AvgIpc) is 2.80. The van der Waals surface area contributed by atoms with Crippen LogP contribution in [-0.4, -0.2) is 29.5 Å². The highest BCUT2D eigenvalue weighted by Crippen LogP contribution is 2.39. The van der Waals surface area contributed by atoms with Gasteiger partial charge in [-0.3, -0.25) is 0 Å². The van der Waals surface area contributed by atoms with Crippen LogP contribution in [0.3, 0.4) is 0 Å². The number of hydrogen-bond acceptors (Lipinski definition) is 1. The molecule has 1 N–H and O–H groups in total. The molecule has 1 fully saturated rings. The highest BCUT2D eigenvalue weighted by Gasteiger charge is 2.39. The summed E-state index contributed by atoms with van der Waals surface area (Å²) in [5, 5.41) is 1.51. The van der Waals surface area contributed by atoms with Gasteiger partial charge < -0.3 is 9.88 Å². The number of fused-ring (bicyclic) bond motifs is 1. The van der Waals surface area contributed by atoms with Crippen LogP contribution in [0.5, 0.6) is 0 Å². The molecule has 2 aromatic rings. The third-order valence-corrected chi connectivity index (χ3v) is 5.13. The molecule has 3 atom stereocenters. The third kappa shape index (κ3) is 1.33. The van der Waals surface area contributed by atoms with Crippen LogP contribution in [0.25, 0.3) is 10.9 Å². The fraction of sp³-hybridized carbons (Fsp3) is 0.500. The van der Waals surface area contributed by atoms with Gasteiger partial charge in [0.25, 0.3) is 0 Å². The van der Waals surface area contributed by atoms with Gasteiger partial charge in [0.15, 0.2) is 0 Å². The van der Waals surface area contributed by atoms with Crippen molar-refractivity contribution in [2.75, 3.05) is 13.6 Å². The minimum absolute atomic E-state index is 0.728. The molecule has 0 spiro atoms. The van der Waals surface area contributed by atoms with Crippen molar-refractivity contribution >= 4 is 10.9 Å². The average molecular weight is 240 g/mol. The maximum Gasteiger partial charge on any atom is 0.0459 e. The van der Waals surface area contributed by atoms with Crippen molar-refractivity contribution in [1.29, 1.82) is 0 Å². The SMILES string of the molecule is C[C@H]1CN(C)[C@@H]2Cc3c[nH]c4cccc(c34)C[C@H]21. The molecule has 0 unspecified atom stereocenters. The Morgan fingerprint density at radius 1 is 1.22 bits per heavy atom. The number of rotatable bonds is 0. The molecule has 0 amide bonds. The molecule has 1 aliphatic carbocycles. The van der Waals surface area contributed by atoms with E-state index in [4.69, 9.17) is 0 Å². The first-order valence-electron chi connectivity index (χ1n) is 7.02. The van der Waals surface area contributed by atoms with E-state index in [1.807, 2.05) is 0 Å². The number of likely N-dealkylation sites (N-methyl/N-ethyl adjacent to an activating group) is 1. The summed E-state index contributed by atoms with van der Waals surface area (Å²) in [5.41, 5.74) is 4.39. The maximum atomic E-state index is 3.44. The fourth-order valence-electron chi connectivity index (χ4n) is 4.22. The zero-order valence-electron chi connectivity index (χ0n) is 11.1. The summed E-state index contributed by atoms with van der Waals surface area (Å²) >= 11 is 0. The lowest BCUT2D eigenvalue weighted by Gasteiger charge is -2.23. The summed E-state index contributed by atoms with van der Waals surface area (Å²) < 4.78 is 0. The van der Waals surface area contributed by atoms with E-state index in [0.717, 1.165) is 17.9 Å². The quantitative estimate of drug-likeness (QED) is 0.750. The lowest BCUT2D eigenvalue weighted by Crippen LogP contribution is -2.31. The van der Waals surface area contributed by atoms with Crippen molar-refractivity contribution in [3.05, 3.63) is 35.5 Å². The number of aromatic amines is 1. The van der Waals surface area contributed by atoms with Crippen molar-refractivity contribution in [2.24, 2.45) is 11.8 Å². The molecule has 1 aromatic carbocycles. The number of H-pyrrole nitrogens is 1. The second-order valence-corrected chi connectivity index (χ2v) is 6.21. The second kappa shape index (κ2) is 3.61. The Hall–Kier alpha value is -1.28. The van der Waals surface area contributed by atoms with Crippen LogP contribution in [0, 0.1) is 11.8 Å². The molecule has 2 nitrogen and oxygen atoms in total. The smallest absolute Gasteiger partial charge is 0.0459 e. The van der Waals surface area contributed by atoms with Gasteiger partial charge in [0.1, 0.15) is 0 Å². The van der Waals surface area contributed by atoms with E-state index in [-0.39, 0.29) is 0 Å². The first-order chi connectivity index (χ1) is 8.74. The van der Waals surface area contributed by atoms with Gasteiger partial charge in [0.2, 0.25) is 0 Å².